The highest BCUT2D eigenvalue weighted by Gasteiger charge is 2.39. The Bertz CT molecular complexity index is 1040. The van der Waals surface area contributed by atoms with Gasteiger partial charge in [-0.1, -0.05) is 48.5 Å². The maximum absolute atomic E-state index is 12.6. The quantitative estimate of drug-likeness (QED) is 0.557. The van der Waals surface area contributed by atoms with Crippen molar-refractivity contribution >= 4 is 18.0 Å². The lowest BCUT2D eigenvalue weighted by Crippen LogP contribution is -2.52. The maximum Gasteiger partial charge on any atom is 0.407 e. The van der Waals surface area contributed by atoms with E-state index in [0.717, 1.165) is 35.1 Å². The summed E-state index contributed by atoms with van der Waals surface area (Å²) in [6.45, 7) is 0.133. The number of benzene rings is 2. The van der Waals surface area contributed by atoms with E-state index in [1.165, 1.54) is 0 Å². The number of ether oxygens (including phenoxy) is 1. The van der Waals surface area contributed by atoms with Crippen LogP contribution in [0.15, 0.2) is 48.5 Å². The van der Waals surface area contributed by atoms with Crippen molar-refractivity contribution in [3.63, 3.8) is 0 Å². The van der Waals surface area contributed by atoms with Gasteiger partial charge >= 0.3 is 12.1 Å². The Morgan fingerprint density at radius 3 is 2.16 bits per heavy atom. The first-order chi connectivity index (χ1) is 15.5. The number of carboxylic acids is 1. The Hall–Kier alpha value is -3.79. The number of carboxylic acid groups (broad SMARTS) is 1. The minimum absolute atomic E-state index is 0.0456. The van der Waals surface area contributed by atoms with Gasteiger partial charge in [0.05, 0.1) is 0 Å². The number of fused-ring (bicyclic) bond motifs is 3. The van der Waals surface area contributed by atoms with Gasteiger partial charge in [-0.25, -0.2) is 9.59 Å². The van der Waals surface area contributed by atoms with Gasteiger partial charge in [0.2, 0.25) is 5.91 Å². The molecular formula is C25H24N2O5. The van der Waals surface area contributed by atoms with E-state index in [2.05, 4.69) is 28.7 Å². The molecule has 3 N–H and O–H groups in total. The Kier molecular flexibility index (Phi) is 6.13. The van der Waals surface area contributed by atoms with E-state index in [0.29, 0.717) is 0 Å². The van der Waals surface area contributed by atoms with Gasteiger partial charge in [-0.15, -0.1) is 12.3 Å². The number of terminal acetylenes is 1. The topological polar surface area (TPSA) is 105 Å². The second-order valence-electron chi connectivity index (χ2n) is 8.09. The summed E-state index contributed by atoms with van der Waals surface area (Å²) in [5.41, 5.74) is 4.44. The van der Waals surface area contributed by atoms with Gasteiger partial charge in [-0.05, 0) is 41.0 Å². The largest absolute Gasteiger partial charge is 0.480 e. The summed E-state index contributed by atoms with van der Waals surface area (Å²) in [5, 5.41) is 14.2. The van der Waals surface area contributed by atoms with Gasteiger partial charge in [0.15, 0.2) is 0 Å². The van der Waals surface area contributed by atoms with E-state index in [-0.39, 0.29) is 24.9 Å². The smallest absolute Gasteiger partial charge is 0.407 e. The second kappa shape index (κ2) is 9.15. The number of rotatable bonds is 8. The fourth-order valence-electron chi connectivity index (χ4n) is 4.17. The highest BCUT2D eigenvalue weighted by Crippen LogP contribution is 2.44. The molecule has 0 bridgehead atoms. The zero-order valence-corrected chi connectivity index (χ0v) is 17.4. The highest BCUT2D eigenvalue weighted by molar-refractivity contribution is 5.90. The van der Waals surface area contributed by atoms with Crippen molar-refractivity contribution in [1.82, 2.24) is 10.6 Å². The zero-order valence-electron chi connectivity index (χ0n) is 17.4. The van der Waals surface area contributed by atoms with Crippen LogP contribution in [0.1, 0.15) is 36.3 Å². The van der Waals surface area contributed by atoms with Crippen molar-refractivity contribution < 1.29 is 24.2 Å². The minimum atomic E-state index is -1.22. The van der Waals surface area contributed by atoms with Crippen LogP contribution in [-0.2, 0) is 14.3 Å². The minimum Gasteiger partial charge on any atom is -0.480 e. The number of aliphatic carboxylic acids is 1. The summed E-state index contributed by atoms with van der Waals surface area (Å²) in [4.78, 5) is 36.5. The summed E-state index contributed by atoms with van der Waals surface area (Å²) < 4.78 is 5.52. The van der Waals surface area contributed by atoms with E-state index >= 15 is 0 Å². The van der Waals surface area contributed by atoms with Crippen LogP contribution >= 0.6 is 0 Å². The molecule has 1 saturated carbocycles. The molecule has 2 atom stereocenters. The normalized spacial score (nSPS) is 16.1. The molecule has 7 nitrogen and oxygen atoms in total. The van der Waals surface area contributed by atoms with E-state index in [1.54, 1.807) is 0 Å². The summed E-state index contributed by atoms with van der Waals surface area (Å²) in [7, 11) is 0. The third-order valence-corrected chi connectivity index (χ3v) is 5.93. The van der Waals surface area contributed by atoms with E-state index in [1.807, 2.05) is 36.4 Å². The van der Waals surface area contributed by atoms with Crippen molar-refractivity contribution in [1.29, 1.82) is 0 Å². The molecule has 164 valence electrons. The Morgan fingerprint density at radius 1 is 1.03 bits per heavy atom. The SMILES string of the molecule is C#CCC(NC(=O)C(NC(=O)OCC1c2ccccc2-c2ccccc21)C1CC1)C(=O)O. The molecule has 0 radical (unpaired) electrons. The molecule has 0 aliphatic heterocycles. The monoisotopic (exact) mass is 432 g/mol. The van der Waals surface area contributed by atoms with Crippen molar-refractivity contribution in [2.24, 2.45) is 5.92 Å². The Balaban J connectivity index is 1.40. The van der Waals surface area contributed by atoms with Crippen LogP contribution in [0.3, 0.4) is 0 Å². The first-order valence-electron chi connectivity index (χ1n) is 10.6. The summed E-state index contributed by atoms with van der Waals surface area (Å²) in [6, 6.07) is 14.0. The zero-order chi connectivity index (χ0) is 22.7. The van der Waals surface area contributed by atoms with Gasteiger partial charge in [0, 0.05) is 12.3 Å². The molecule has 0 heterocycles. The number of hydrogen-bond acceptors (Lipinski definition) is 4. The standard InChI is InChI=1S/C25H24N2O5/c1-2-7-21(24(29)30)26-23(28)22(15-12-13-15)27-25(31)32-14-20-18-10-5-3-8-16(18)17-9-4-6-11-19(17)20/h1,3-6,8-11,15,20-22H,7,12-14H2,(H,26,28)(H,27,31)(H,29,30). The molecule has 2 unspecified atom stereocenters. The third kappa shape index (κ3) is 4.45. The number of hydrogen-bond donors (Lipinski definition) is 3. The molecule has 2 amide bonds. The highest BCUT2D eigenvalue weighted by atomic mass is 16.5. The lowest BCUT2D eigenvalue weighted by molar-refractivity contribution is -0.142. The van der Waals surface area contributed by atoms with Crippen LogP contribution in [-0.4, -0.2) is 41.8 Å². The number of amides is 2. The van der Waals surface area contributed by atoms with Crippen LogP contribution in [0.25, 0.3) is 11.1 Å². The van der Waals surface area contributed by atoms with Crippen LogP contribution in [0, 0.1) is 18.3 Å². The molecule has 32 heavy (non-hydrogen) atoms. The number of nitrogens with one attached hydrogen (secondary N) is 2. The number of alkyl carbamates (subject to hydrolysis) is 1. The van der Waals surface area contributed by atoms with Crippen LogP contribution < -0.4 is 10.6 Å². The molecule has 0 aromatic heterocycles. The fourth-order valence-corrected chi connectivity index (χ4v) is 4.17. The van der Waals surface area contributed by atoms with E-state index in [9.17, 15) is 19.5 Å². The molecule has 1 fully saturated rings. The van der Waals surface area contributed by atoms with Crippen LogP contribution in [0.5, 0.6) is 0 Å². The lowest BCUT2D eigenvalue weighted by atomic mass is 9.98. The predicted molar refractivity (Wildman–Crippen MR) is 118 cm³/mol. The van der Waals surface area contributed by atoms with Crippen molar-refractivity contribution in [3.8, 4) is 23.5 Å². The molecule has 4 rings (SSSR count). The Morgan fingerprint density at radius 2 is 1.62 bits per heavy atom. The van der Waals surface area contributed by atoms with Gasteiger partial charge in [0.25, 0.3) is 0 Å². The fraction of sp³-hybridized carbons (Fsp3) is 0.320. The molecule has 7 heteroatoms. The van der Waals surface area contributed by atoms with E-state index in [4.69, 9.17) is 11.2 Å². The maximum atomic E-state index is 12.6. The number of carbonyl (C=O) groups excluding carboxylic acids is 2. The van der Waals surface area contributed by atoms with Gasteiger partial charge in [-0.3, -0.25) is 4.79 Å². The van der Waals surface area contributed by atoms with Crippen LogP contribution in [0.4, 0.5) is 4.79 Å². The summed E-state index contributed by atoms with van der Waals surface area (Å²) in [6.07, 6.45) is 5.89. The first kappa shape index (κ1) is 21.4. The van der Waals surface area contributed by atoms with Crippen molar-refractivity contribution in [2.45, 2.75) is 37.3 Å². The summed E-state index contributed by atoms with van der Waals surface area (Å²) >= 11 is 0. The van der Waals surface area contributed by atoms with Crippen LogP contribution in [0.2, 0.25) is 0 Å². The average Bonchev–Trinajstić information content (AvgIpc) is 3.58. The summed E-state index contributed by atoms with van der Waals surface area (Å²) in [5.74, 6) is 0.322. The second-order valence-corrected chi connectivity index (χ2v) is 8.09. The molecule has 2 aromatic rings. The number of carbonyl (C=O) groups is 3. The lowest BCUT2D eigenvalue weighted by Gasteiger charge is -2.21. The van der Waals surface area contributed by atoms with Gasteiger partial charge in [0.1, 0.15) is 18.7 Å². The van der Waals surface area contributed by atoms with E-state index < -0.39 is 30.1 Å². The molecule has 2 aliphatic rings. The molecule has 2 aromatic carbocycles. The molecule has 0 spiro atoms. The molecule has 2 aliphatic carbocycles. The van der Waals surface area contributed by atoms with Crippen molar-refractivity contribution in [3.05, 3.63) is 59.7 Å². The molecule has 0 saturated heterocycles. The third-order valence-electron chi connectivity index (χ3n) is 5.93. The average molecular weight is 432 g/mol. The van der Waals surface area contributed by atoms with Gasteiger partial charge in [-0.2, -0.15) is 0 Å². The Labute approximate surface area is 186 Å². The predicted octanol–water partition coefficient (Wildman–Crippen LogP) is 2.90. The van der Waals surface area contributed by atoms with Crippen molar-refractivity contribution in [2.75, 3.05) is 6.61 Å². The van der Waals surface area contributed by atoms with Gasteiger partial charge < -0.3 is 20.5 Å². The first-order valence-corrected chi connectivity index (χ1v) is 10.6. The molecular weight excluding hydrogens is 408 g/mol.